The fourth-order valence-electron chi connectivity index (χ4n) is 2.41. The summed E-state index contributed by atoms with van der Waals surface area (Å²) in [6, 6.07) is 1.80. The second-order valence-electron chi connectivity index (χ2n) is 6.56. The fourth-order valence-corrected chi connectivity index (χ4v) is 6.58. The summed E-state index contributed by atoms with van der Waals surface area (Å²) in [5, 5.41) is 0. The minimum absolute atomic E-state index is 0.198. The molecule has 1 aromatic heterocycles. The second kappa shape index (κ2) is 8.52. The number of halogens is 2. The van der Waals surface area contributed by atoms with Gasteiger partial charge in [-0.1, -0.05) is 25.2 Å². The van der Waals surface area contributed by atoms with E-state index >= 15 is 4.39 Å². The molecule has 138 valence electrons. The second-order valence-corrected chi connectivity index (χ2v) is 13.5. The van der Waals surface area contributed by atoms with E-state index in [1.807, 2.05) is 20.8 Å². The summed E-state index contributed by atoms with van der Waals surface area (Å²) < 4.78 is 31.8. The molecule has 0 bridgehead atoms. The van der Waals surface area contributed by atoms with Gasteiger partial charge in [0.1, 0.15) is 32.1 Å². The molecule has 0 aromatic carbocycles. The number of rotatable bonds is 6. The molecular weight excluding hydrogens is 411 g/mol. The van der Waals surface area contributed by atoms with Gasteiger partial charge in [0, 0.05) is 4.90 Å². The molecule has 0 radical (unpaired) electrons. The first kappa shape index (κ1) is 21.9. The molecule has 1 unspecified atom stereocenters. The number of pyridine rings is 1. The average molecular weight is 439 g/mol. The quantitative estimate of drug-likeness (QED) is 0.335. The summed E-state index contributed by atoms with van der Waals surface area (Å²) in [6.07, 6.45) is 0. The van der Waals surface area contributed by atoms with Crippen LogP contribution < -0.4 is 0 Å². The Hall–Kier alpha value is -0.110. The number of aromatic nitrogens is 1. The molecule has 1 atom stereocenters. The first-order valence-electron chi connectivity index (χ1n) is 8.12. The number of hydrogen-bond acceptors (Lipinski definition) is 3. The lowest BCUT2D eigenvalue weighted by atomic mass is 10.2. The zero-order chi connectivity index (χ0) is 18.7. The summed E-state index contributed by atoms with van der Waals surface area (Å²) >= 11 is 1.96. The summed E-state index contributed by atoms with van der Waals surface area (Å²) in [4.78, 5) is 5.01. The molecule has 1 aromatic rings. The van der Waals surface area contributed by atoms with Crippen LogP contribution in [0.2, 0.25) is 0 Å². The van der Waals surface area contributed by atoms with E-state index in [2.05, 4.69) is 46.1 Å². The SMILES string of the molecule is CCS(CC)(CC)c1cc(Br)nc(/C(C)=N/[S+]([O-])C(C)(C)C)c1F. The lowest BCUT2D eigenvalue weighted by Crippen LogP contribution is -2.27. The summed E-state index contributed by atoms with van der Waals surface area (Å²) in [7, 11) is -1.23. The largest absolute Gasteiger partial charge is 0.591 e. The molecule has 0 aliphatic rings. The molecule has 0 saturated heterocycles. The Kier molecular flexibility index (Phi) is 7.78. The molecule has 0 aliphatic heterocycles. The molecule has 0 saturated carbocycles. The van der Waals surface area contributed by atoms with Crippen LogP contribution in [-0.2, 0) is 11.4 Å². The van der Waals surface area contributed by atoms with Crippen molar-refractivity contribution in [3.05, 3.63) is 22.2 Å². The molecular formula is C17H28BrFN2OS2. The van der Waals surface area contributed by atoms with Gasteiger partial charge in [0.15, 0.2) is 5.82 Å². The molecule has 1 rings (SSSR count). The van der Waals surface area contributed by atoms with Gasteiger partial charge in [0.25, 0.3) is 0 Å². The maximum atomic E-state index is 15.3. The normalized spacial score (nSPS) is 15.5. The Bertz CT molecular complexity index is 605. The zero-order valence-corrected chi connectivity index (χ0v) is 18.8. The molecule has 0 amide bonds. The predicted octanol–water partition coefficient (Wildman–Crippen LogP) is 5.48. The molecule has 0 N–H and O–H groups in total. The van der Waals surface area contributed by atoms with Crippen molar-refractivity contribution < 1.29 is 8.94 Å². The lowest BCUT2D eigenvalue weighted by Gasteiger charge is -2.38. The Morgan fingerprint density at radius 2 is 1.79 bits per heavy atom. The van der Waals surface area contributed by atoms with Crippen molar-refractivity contribution in [1.82, 2.24) is 4.98 Å². The lowest BCUT2D eigenvalue weighted by molar-refractivity contribution is 0.561. The van der Waals surface area contributed by atoms with Crippen LogP contribution in [-0.4, -0.2) is 37.3 Å². The number of hydrogen-bond donors (Lipinski definition) is 0. The third-order valence-corrected chi connectivity index (χ3v) is 10.5. The van der Waals surface area contributed by atoms with Crippen LogP contribution in [0.3, 0.4) is 0 Å². The van der Waals surface area contributed by atoms with Crippen LogP contribution in [0, 0.1) is 5.82 Å². The van der Waals surface area contributed by atoms with Crippen molar-refractivity contribution >= 4 is 43.0 Å². The van der Waals surface area contributed by atoms with E-state index < -0.39 is 26.1 Å². The van der Waals surface area contributed by atoms with Crippen LogP contribution in [0.25, 0.3) is 0 Å². The van der Waals surface area contributed by atoms with Crippen molar-refractivity contribution in [2.75, 3.05) is 17.3 Å². The van der Waals surface area contributed by atoms with Gasteiger partial charge in [0.2, 0.25) is 0 Å². The van der Waals surface area contributed by atoms with E-state index in [0.29, 0.717) is 10.3 Å². The van der Waals surface area contributed by atoms with E-state index in [9.17, 15) is 4.55 Å². The van der Waals surface area contributed by atoms with Gasteiger partial charge in [0.05, 0.1) is 0 Å². The van der Waals surface area contributed by atoms with E-state index in [4.69, 9.17) is 0 Å². The van der Waals surface area contributed by atoms with Crippen LogP contribution in [0.15, 0.2) is 20.0 Å². The van der Waals surface area contributed by atoms with Crippen molar-refractivity contribution in [2.45, 2.75) is 58.1 Å². The van der Waals surface area contributed by atoms with Gasteiger partial charge in [-0.3, -0.25) is 0 Å². The summed E-state index contributed by atoms with van der Waals surface area (Å²) in [5.41, 5.74) is 0.573. The van der Waals surface area contributed by atoms with Crippen molar-refractivity contribution in [3.63, 3.8) is 0 Å². The molecule has 0 aliphatic carbocycles. The van der Waals surface area contributed by atoms with Gasteiger partial charge in [-0.05, 0) is 66.9 Å². The highest BCUT2D eigenvalue weighted by Crippen LogP contribution is 2.56. The molecule has 24 heavy (non-hydrogen) atoms. The predicted molar refractivity (Wildman–Crippen MR) is 109 cm³/mol. The van der Waals surface area contributed by atoms with Crippen molar-refractivity contribution in [3.8, 4) is 0 Å². The Labute approximate surface area is 158 Å². The van der Waals surface area contributed by atoms with Crippen LogP contribution in [0.5, 0.6) is 0 Å². The van der Waals surface area contributed by atoms with Crippen LogP contribution in [0.4, 0.5) is 4.39 Å². The average Bonchev–Trinajstić information content (AvgIpc) is 2.51. The topological polar surface area (TPSA) is 48.3 Å². The van der Waals surface area contributed by atoms with E-state index in [1.165, 1.54) is 0 Å². The van der Waals surface area contributed by atoms with Gasteiger partial charge in [-0.25, -0.2) is 19.4 Å². The highest BCUT2D eigenvalue weighted by molar-refractivity contribution is 9.10. The maximum absolute atomic E-state index is 15.3. The van der Waals surface area contributed by atoms with E-state index in [0.717, 1.165) is 22.2 Å². The monoisotopic (exact) mass is 438 g/mol. The standard InChI is InChI=1S/C17H28BrFN2OS2/c1-8-24(9-2,10-3)13-11-14(18)20-16(15(13)19)12(4)21-23(22)17(5,6)7/h11H,8-10H2,1-7H3/b21-12+. The minimum Gasteiger partial charge on any atom is -0.591 e. The van der Waals surface area contributed by atoms with Gasteiger partial charge < -0.3 is 4.55 Å². The third-order valence-electron chi connectivity index (χ3n) is 4.10. The molecule has 7 heteroatoms. The smallest absolute Gasteiger partial charge is 0.163 e. The highest BCUT2D eigenvalue weighted by Gasteiger charge is 2.30. The van der Waals surface area contributed by atoms with E-state index in [1.54, 1.807) is 13.0 Å². The minimum atomic E-state index is -1.44. The van der Waals surface area contributed by atoms with Crippen molar-refractivity contribution in [1.29, 1.82) is 0 Å². The van der Waals surface area contributed by atoms with Crippen molar-refractivity contribution in [2.24, 2.45) is 4.40 Å². The van der Waals surface area contributed by atoms with Gasteiger partial charge >= 0.3 is 0 Å². The highest BCUT2D eigenvalue weighted by atomic mass is 79.9. The fraction of sp³-hybridized carbons (Fsp3) is 0.647. The Balaban J connectivity index is 3.51. The van der Waals surface area contributed by atoms with Gasteiger partial charge in [-0.15, -0.1) is 0 Å². The number of nitrogens with zero attached hydrogens (tertiary/aromatic N) is 2. The Morgan fingerprint density at radius 3 is 2.21 bits per heavy atom. The summed E-state index contributed by atoms with van der Waals surface area (Å²) in [6.45, 7) is 13.6. The molecule has 0 fully saturated rings. The first-order valence-corrected chi connectivity index (χ1v) is 12.2. The summed E-state index contributed by atoms with van der Waals surface area (Å²) in [5.74, 6) is 2.47. The third kappa shape index (κ3) is 4.74. The van der Waals surface area contributed by atoms with Crippen LogP contribution >= 0.6 is 26.0 Å². The Morgan fingerprint density at radius 1 is 1.29 bits per heavy atom. The van der Waals surface area contributed by atoms with Crippen LogP contribution in [0.1, 0.15) is 54.2 Å². The molecule has 1 heterocycles. The molecule has 0 spiro atoms. The first-order chi connectivity index (χ1) is 11.0. The van der Waals surface area contributed by atoms with Gasteiger partial charge in [-0.2, -0.15) is 0 Å². The zero-order valence-electron chi connectivity index (χ0n) is 15.6. The maximum Gasteiger partial charge on any atom is 0.163 e. The van der Waals surface area contributed by atoms with E-state index in [-0.39, 0.29) is 11.5 Å². The molecule has 3 nitrogen and oxygen atoms in total.